The Labute approximate surface area is 97.6 Å². The lowest BCUT2D eigenvalue weighted by atomic mass is 10.1. The number of aryl methyl sites for hydroxylation is 1. The number of hydrogen-bond donors (Lipinski definition) is 1. The van der Waals surface area contributed by atoms with Gasteiger partial charge < -0.3 is 9.84 Å². The molecule has 2 aromatic rings. The van der Waals surface area contributed by atoms with Gasteiger partial charge in [-0.15, -0.1) is 11.3 Å². The zero-order valence-electron chi connectivity index (χ0n) is 9.04. The number of aliphatic hydroxyl groups is 1. The number of rotatable bonds is 3. The molecule has 0 saturated carbocycles. The highest BCUT2D eigenvalue weighted by Gasteiger charge is 2.20. The molecule has 0 aliphatic heterocycles. The summed E-state index contributed by atoms with van der Waals surface area (Å²) in [6.45, 7) is 1.87. The van der Waals surface area contributed by atoms with Gasteiger partial charge in [-0.25, -0.2) is 4.98 Å². The van der Waals surface area contributed by atoms with Gasteiger partial charge in [-0.2, -0.15) is 0 Å². The van der Waals surface area contributed by atoms with Crippen molar-refractivity contribution in [2.45, 2.75) is 13.0 Å². The number of nitrogens with zero attached hydrogens (tertiary/aromatic N) is 2. The third kappa shape index (κ3) is 1.91. The number of pyridine rings is 1. The molecule has 0 amide bonds. The Kier molecular flexibility index (Phi) is 3.17. The molecule has 0 aliphatic carbocycles. The van der Waals surface area contributed by atoms with E-state index < -0.39 is 6.10 Å². The summed E-state index contributed by atoms with van der Waals surface area (Å²) in [5, 5.41) is 10.2. The van der Waals surface area contributed by atoms with E-state index in [4.69, 9.17) is 4.74 Å². The van der Waals surface area contributed by atoms with Crippen LogP contribution in [0.2, 0.25) is 0 Å². The Morgan fingerprint density at radius 3 is 2.88 bits per heavy atom. The molecule has 5 heteroatoms. The van der Waals surface area contributed by atoms with Gasteiger partial charge in [0.25, 0.3) is 0 Å². The van der Waals surface area contributed by atoms with E-state index in [0.29, 0.717) is 11.4 Å². The van der Waals surface area contributed by atoms with Crippen LogP contribution in [0.15, 0.2) is 23.8 Å². The third-order valence-corrected chi connectivity index (χ3v) is 3.29. The molecule has 0 spiro atoms. The Balaban J connectivity index is 2.41. The fourth-order valence-electron chi connectivity index (χ4n) is 1.48. The highest BCUT2D eigenvalue weighted by atomic mass is 32.1. The van der Waals surface area contributed by atoms with Crippen LogP contribution in [-0.2, 0) is 0 Å². The standard InChI is InChI=1S/C11H12N2O2S/c1-7-11(16-6-13-7)10(14)9-8(15-2)4-3-5-12-9/h3-6,10,14H,1-2H3. The third-order valence-electron chi connectivity index (χ3n) is 2.31. The average molecular weight is 236 g/mol. The lowest BCUT2D eigenvalue weighted by molar-refractivity contribution is 0.212. The minimum atomic E-state index is -0.774. The lowest BCUT2D eigenvalue weighted by Crippen LogP contribution is -2.04. The van der Waals surface area contributed by atoms with E-state index in [1.54, 1.807) is 30.9 Å². The fourth-order valence-corrected chi connectivity index (χ4v) is 2.27. The highest BCUT2D eigenvalue weighted by Crippen LogP contribution is 2.31. The molecule has 2 heterocycles. The topological polar surface area (TPSA) is 55.2 Å². The molecule has 1 N–H and O–H groups in total. The second kappa shape index (κ2) is 4.59. The minimum Gasteiger partial charge on any atom is -0.495 e. The second-order valence-corrected chi connectivity index (χ2v) is 4.18. The number of thiazole rings is 1. The van der Waals surface area contributed by atoms with E-state index in [2.05, 4.69) is 9.97 Å². The normalized spacial score (nSPS) is 12.4. The van der Waals surface area contributed by atoms with Crippen molar-refractivity contribution >= 4 is 11.3 Å². The molecular formula is C11H12N2O2S. The van der Waals surface area contributed by atoms with E-state index in [0.717, 1.165) is 10.6 Å². The van der Waals surface area contributed by atoms with E-state index in [1.807, 2.05) is 6.92 Å². The smallest absolute Gasteiger partial charge is 0.143 e. The van der Waals surface area contributed by atoms with Gasteiger partial charge in [-0.3, -0.25) is 4.98 Å². The van der Waals surface area contributed by atoms with Gasteiger partial charge in [-0.05, 0) is 19.1 Å². The molecule has 4 nitrogen and oxygen atoms in total. The van der Waals surface area contributed by atoms with Gasteiger partial charge in [0.1, 0.15) is 17.5 Å². The van der Waals surface area contributed by atoms with Crippen LogP contribution in [0.5, 0.6) is 5.75 Å². The molecule has 0 saturated heterocycles. The first-order valence-corrected chi connectivity index (χ1v) is 5.69. The summed E-state index contributed by atoms with van der Waals surface area (Å²) in [6, 6.07) is 3.55. The first-order valence-electron chi connectivity index (χ1n) is 4.81. The molecule has 2 aromatic heterocycles. The number of methoxy groups -OCH3 is 1. The SMILES string of the molecule is COc1cccnc1C(O)c1scnc1C. The van der Waals surface area contributed by atoms with E-state index in [-0.39, 0.29) is 0 Å². The van der Waals surface area contributed by atoms with Crippen molar-refractivity contribution in [1.82, 2.24) is 9.97 Å². The Morgan fingerprint density at radius 2 is 2.25 bits per heavy atom. The molecule has 0 radical (unpaired) electrons. The number of ether oxygens (including phenoxy) is 1. The van der Waals surface area contributed by atoms with Crippen molar-refractivity contribution in [3.05, 3.63) is 40.1 Å². The zero-order valence-corrected chi connectivity index (χ0v) is 9.86. The first-order chi connectivity index (χ1) is 7.74. The van der Waals surface area contributed by atoms with Crippen LogP contribution in [0.3, 0.4) is 0 Å². The maximum Gasteiger partial charge on any atom is 0.143 e. The molecule has 0 fully saturated rings. The Hall–Kier alpha value is -1.46. The molecular weight excluding hydrogens is 224 g/mol. The van der Waals surface area contributed by atoms with Crippen LogP contribution < -0.4 is 4.74 Å². The van der Waals surface area contributed by atoms with Crippen LogP contribution in [0.4, 0.5) is 0 Å². The predicted molar refractivity (Wildman–Crippen MR) is 61.7 cm³/mol. The summed E-state index contributed by atoms with van der Waals surface area (Å²) in [5.41, 5.74) is 3.06. The van der Waals surface area contributed by atoms with Crippen molar-refractivity contribution in [2.24, 2.45) is 0 Å². The molecule has 1 atom stereocenters. The van der Waals surface area contributed by atoms with Crippen LogP contribution in [0.25, 0.3) is 0 Å². The summed E-state index contributed by atoms with van der Waals surface area (Å²) >= 11 is 1.42. The van der Waals surface area contributed by atoms with Crippen molar-refractivity contribution in [3.63, 3.8) is 0 Å². The van der Waals surface area contributed by atoms with E-state index >= 15 is 0 Å². The summed E-state index contributed by atoms with van der Waals surface area (Å²) in [6.07, 6.45) is 0.862. The van der Waals surface area contributed by atoms with E-state index in [9.17, 15) is 5.11 Å². The molecule has 0 aromatic carbocycles. The van der Waals surface area contributed by atoms with Gasteiger partial charge in [0.15, 0.2) is 0 Å². The van der Waals surface area contributed by atoms with Gasteiger partial charge in [0.2, 0.25) is 0 Å². The first kappa shape index (κ1) is 11.0. The Morgan fingerprint density at radius 1 is 1.44 bits per heavy atom. The van der Waals surface area contributed by atoms with Crippen molar-refractivity contribution in [1.29, 1.82) is 0 Å². The maximum absolute atomic E-state index is 10.2. The van der Waals surface area contributed by atoms with Crippen LogP contribution in [-0.4, -0.2) is 22.2 Å². The summed E-state index contributed by atoms with van der Waals surface area (Å²) in [4.78, 5) is 9.06. The molecule has 1 unspecified atom stereocenters. The monoisotopic (exact) mass is 236 g/mol. The van der Waals surface area contributed by atoms with Crippen molar-refractivity contribution in [3.8, 4) is 5.75 Å². The van der Waals surface area contributed by atoms with Gasteiger partial charge in [0.05, 0.1) is 23.2 Å². The lowest BCUT2D eigenvalue weighted by Gasteiger charge is -2.12. The average Bonchev–Trinajstić information content (AvgIpc) is 2.74. The number of aliphatic hydroxyl groups excluding tert-OH is 1. The van der Waals surface area contributed by atoms with Gasteiger partial charge in [0, 0.05) is 6.20 Å². The molecule has 0 aliphatic rings. The highest BCUT2D eigenvalue weighted by molar-refractivity contribution is 7.09. The van der Waals surface area contributed by atoms with Crippen LogP contribution in [0.1, 0.15) is 22.4 Å². The largest absolute Gasteiger partial charge is 0.495 e. The summed E-state index contributed by atoms with van der Waals surface area (Å²) in [5.74, 6) is 0.586. The maximum atomic E-state index is 10.2. The quantitative estimate of drug-likeness (QED) is 0.884. The molecule has 2 rings (SSSR count). The zero-order chi connectivity index (χ0) is 11.5. The van der Waals surface area contributed by atoms with Crippen molar-refractivity contribution < 1.29 is 9.84 Å². The number of hydrogen-bond acceptors (Lipinski definition) is 5. The minimum absolute atomic E-state index is 0.525. The van der Waals surface area contributed by atoms with Crippen molar-refractivity contribution in [2.75, 3.05) is 7.11 Å². The molecule has 0 bridgehead atoms. The van der Waals surface area contributed by atoms with Gasteiger partial charge in [-0.1, -0.05) is 0 Å². The summed E-state index contributed by atoms with van der Waals surface area (Å²) < 4.78 is 5.17. The van der Waals surface area contributed by atoms with Crippen LogP contribution in [0, 0.1) is 6.92 Å². The van der Waals surface area contributed by atoms with Crippen LogP contribution >= 0.6 is 11.3 Å². The second-order valence-electron chi connectivity index (χ2n) is 3.30. The summed E-state index contributed by atoms with van der Waals surface area (Å²) in [7, 11) is 1.56. The molecule has 84 valence electrons. The predicted octanol–water partition coefficient (Wildman–Crippen LogP) is 1.94. The molecule has 16 heavy (non-hydrogen) atoms. The fraction of sp³-hybridized carbons (Fsp3) is 0.273. The van der Waals surface area contributed by atoms with Gasteiger partial charge >= 0.3 is 0 Å². The Bertz CT molecular complexity index is 484. The van der Waals surface area contributed by atoms with E-state index in [1.165, 1.54) is 11.3 Å². The number of aromatic nitrogens is 2.